The average molecular weight is 293 g/mol. The Hall–Kier alpha value is -1.91. The van der Waals surface area contributed by atoms with Gasteiger partial charge in [-0.1, -0.05) is 13.0 Å². The molecule has 0 radical (unpaired) electrons. The van der Waals surface area contributed by atoms with Crippen LogP contribution in [0.3, 0.4) is 0 Å². The average Bonchev–Trinajstić information content (AvgIpc) is 2.51. The normalized spacial score (nSPS) is 14.2. The van der Waals surface area contributed by atoms with E-state index in [0.29, 0.717) is 12.6 Å². The van der Waals surface area contributed by atoms with E-state index in [1.165, 1.54) is 0 Å². The standard InChI is InChI=1S/C16H27N3O2/c1-6-12(2)19-16(17-4)18-11-13(3)21-15-9-7-8-14(10-15)20-5/h7-10,12-13H,6,11H2,1-5H3,(H2,17,18,19). The third-order valence-corrected chi connectivity index (χ3v) is 3.15. The van der Waals surface area contributed by atoms with Crippen LogP contribution in [0.1, 0.15) is 27.2 Å². The predicted octanol–water partition coefficient (Wildman–Crippen LogP) is 2.43. The highest BCUT2D eigenvalue weighted by atomic mass is 16.5. The highest BCUT2D eigenvalue weighted by Gasteiger charge is 2.07. The molecular weight excluding hydrogens is 266 g/mol. The summed E-state index contributed by atoms with van der Waals surface area (Å²) >= 11 is 0. The molecule has 2 unspecified atom stereocenters. The molecular formula is C16H27N3O2. The van der Waals surface area contributed by atoms with Gasteiger partial charge < -0.3 is 20.1 Å². The van der Waals surface area contributed by atoms with Gasteiger partial charge in [-0.05, 0) is 32.4 Å². The van der Waals surface area contributed by atoms with Gasteiger partial charge in [0.2, 0.25) is 0 Å². The summed E-state index contributed by atoms with van der Waals surface area (Å²) in [6.07, 6.45) is 1.07. The first-order valence-electron chi connectivity index (χ1n) is 7.36. The zero-order valence-electron chi connectivity index (χ0n) is 13.6. The minimum absolute atomic E-state index is 0.0209. The van der Waals surface area contributed by atoms with Crippen LogP contribution in [-0.2, 0) is 0 Å². The fraction of sp³-hybridized carbons (Fsp3) is 0.562. The number of methoxy groups -OCH3 is 1. The number of hydrogen-bond donors (Lipinski definition) is 2. The first kappa shape index (κ1) is 17.1. The van der Waals surface area contributed by atoms with Gasteiger partial charge in [-0.3, -0.25) is 4.99 Å². The third-order valence-electron chi connectivity index (χ3n) is 3.15. The van der Waals surface area contributed by atoms with Gasteiger partial charge in [-0.15, -0.1) is 0 Å². The Kier molecular flexibility index (Phi) is 7.43. The second-order valence-corrected chi connectivity index (χ2v) is 5.01. The van der Waals surface area contributed by atoms with Crippen molar-refractivity contribution in [2.45, 2.75) is 39.3 Å². The largest absolute Gasteiger partial charge is 0.497 e. The Morgan fingerprint density at radius 3 is 2.62 bits per heavy atom. The third kappa shape index (κ3) is 6.38. The summed E-state index contributed by atoms with van der Waals surface area (Å²) in [4.78, 5) is 4.20. The molecule has 5 nitrogen and oxygen atoms in total. The smallest absolute Gasteiger partial charge is 0.191 e. The highest BCUT2D eigenvalue weighted by molar-refractivity contribution is 5.79. The Bertz CT molecular complexity index is 449. The summed E-state index contributed by atoms with van der Waals surface area (Å²) < 4.78 is 11.0. The summed E-state index contributed by atoms with van der Waals surface area (Å²) in [5, 5.41) is 6.58. The van der Waals surface area contributed by atoms with Crippen molar-refractivity contribution in [3.05, 3.63) is 24.3 Å². The first-order valence-corrected chi connectivity index (χ1v) is 7.36. The maximum atomic E-state index is 5.86. The van der Waals surface area contributed by atoms with Crippen LogP contribution >= 0.6 is 0 Å². The van der Waals surface area contributed by atoms with Gasteiger partial charge in [0.25, 0.3) is 0 Å². The van der Waals surface area contributed by atoms with E-state index < -0.39 is 0 Å². The molecule has 0 amide bonds. The Balaban J connectivity index is 2.44. The number of aliphatic imine (C=N–C) groups is 1. The molecule has 1 aromatic rings. The molecule has 21 heavy (non-hydrogen) atoms. The molecule has 0 aliphatic heterocycles. The predicted molar refractivity (Wildman–Crippen MR) is 87.3 cm³/mol. The molecule has 5 heteroatoms. The molecule has 0 aliphatic rings. The second kappa shape index (κ2) is 9.10. The minimum Gasteiger partial charge on any atom is -0.497 e. The Morgan fingerprint density at radius 1 is 1.29 bits per heavy atom. The van der Waals surface area contributed by atoms with Crippen LogP contribution in [0.4, 0.5) is 0 Å². The van der Waals surface area contributed by atoms with Gasteiger partial charge in [-0.2, -0.15) is 0 Å². The maximum absolute atomic E-state index is 5.86. The molecule has 0 saturated heterocycles. The van der Waals surface area contributed by atoms with Crippen LogP contribution in [0, 0.1) is 0 Å². The van der Waals surface area contributed by atoms with Gasteiger partial charge in [0.15, 0.2) is 5.96 Å². The molecule has 1 rings (SSSR count). The van der Waals surface area contributed by atoms with Crippen molar-refractivity contribution in [3.63, 3.8) is 0 Å². The molecule has 2 N–H and O–H groups in total. The van der Waals surface area contributed by atoms with E-state index in [1.807, 2.05) is 31.2 Å². The number of ether oxygens (including phenoxy) is 2. The van der Waals surface area contributed by atoms with E-state index in [2.05, 4.69) is 29.5 Å². The van der Waals surface area contributed by atoms with Crippen LogP contribution in [0.5, 0.6) is 11.5 Å². The maximum Gasteiger partial charge on any atom is 0.191 e. The molecule has 118 valence electrons. The van der Waals surface area contributed by atoms with Crippen molar-refractivity contribution in [2.75, 3.05) is 20.7 Å². The number of hydrogen-bond acceptors (Lipinski definition) is 3. The molecule has 0 heterocycles. The minimum atomic E-state index is 0.0209. The molecule has 1 aromatic carbocycles. The summed E-state index contributed by atoms with van der Waals surface area (Å²) in [5.41, 5.74) is 0. The summed E-state index contributed by atoms with van der Waals surface area (Å²) in [6.45, 7) is 6.96. The van der Waals surface area contributed by atoms with Gasteiger partial charge in [-0.25, -0.2) is 0 Å². The fourth-order valence-electron chi connectivity index (χ4n) is 1.72. The van der Waals surface area contributed by atoms with Gasteiger partial charge in [0.1, 0.15) is 17.6 Å². The Labute approximate surface area is 127 Å². The molecule has 0 spiro atoms. The van der Waals surface area contributed by atoms with E-state index in [9.17, 15) is 0 Å². The highest BCUT2D eigenvalue weighted by Crippen LogP contribution is 2.19. The van der Waals surface area contributed by atoms with Crippen molar-refractivity contribution in [3.8, 4) is 11.5 Å². The summed E-state index contributed by atoms with van der Waals surface area (Å²) in [5.74, 6) is 2.39. The quantitative estimate of drug-likeness (QED) is 0.599. The molecule has 0 fully saturated rings. The van der Waals surface area contributed by atoms with Crippen molar-refractivity contribution in [1.29, 1.82) is 0 Å². The van der Waals surface area contributed by atoms with E-state index in [1.54, 1.807) is 14.2 Å². The van der Waals surface area contributed by atoms with Crippen LogP contribution in [0.2, 0.25) is 0 Å². The topological polar surface area (TPSA) is 54.9 Å². The number of benzene rings is 1. The van der Waals surface area contributed by atoms with Crippen molar-refractivity contribution in [1.82, 2.24) is 10.6 Å². The van der Waals surface area contributed by atoms with Crippen LogP contribution in [0.25, 0.3) is 0 Å². The van der Waals surface area contributed by atoms with Crippen LogP contribution < -0.4 is 20.1 Å². The van der Waals surface area contributed by atoms with Crippen LogP contribution in [0.15, 0.2) is 29.3 Å². The van der Waals surface area contributed by atoms with E-state index in [-0.39, 0.29) is 6.10 Å². The van der Waals surface area contributed by atoms with E-state index in [4.69, 9.17) is 9.47 Å². The number of guanidine groups is 1. The summed E-state index contributed by atoms with van der Waals surface area (Å²) in [6, 6.07) is 8.00. The van der Waals surface area contributed by atoms with Crippen LogP contribution in [-0.4, -0.2) is 38.8 Å². The zero-order valence-corrected chi connectivity index (χ0v) is 13.6. The summed E-state index contributed by atoms with van der Waals surface area (Å²) in [7, 11) is 3.42. The molecule has 0 saturated carbocycles. The number of rotatable bonds is 7. The van der Waals surface area contributed by atoms with Crippen molar-refractivity contribution < 1.29 is 9.47 Å². The lowest BCUT2D eigenvalue weighted by molar-refractivity contribution is 0.223. The number of nitrogens with one attached hydrogen (secondary N) is 2. The SMILES string of the molecule is CCC(C)NC(=NC)NCC(C)Oc1cccc(OC)c1. The second-order valence-electron chi connectivity index (χ2n) is 5.01. The van der Waals surface area contributed by atoms with Crippen molar-refractivity contribution >= 4 is 5.96 Å². The molecule has 0 aliphatic carbocycles. The number of nitrogens with zero attached hydrogens (tertiary/aromatic N) is 1. The van der Waals surface area contributed by atoms with E-state index >= 15 is 0 Å². The fourth-order valence-corrected chi connectivity index (χ4v) is 1.72. The lowest BCUT2D eigenvalue weighted by Crippen LogP contribution is -2.45. The Morgan fingerprint density at radius 2 is 2.00 bits per heavy atom. The van der Waals surface area contributed by atoms with E-state index in [0.717, 1.165) is 23.9 Å². The van der Waals surface area contributed by atoms with Crippen molar-refractivity contribution in [2.24, 2.45) is 4.99 Å². The lowest BCUT2D eigenvalue weighted by Gasteiger charge is -2.20. The monoisotopic (exact) mass is 293 g/mol. The molecule has 0 aromatic heterocycles. The molecule has 0 bridgehead atoms. The first-order chi connectivity index (χ1) is 10.1. The lowest BCUT2D eigenvalue weighted by atomic mass is 10.3. The van der Waals surface area contributed by atoms with Gasteiger partial charge in [0, 0.05) is 19.2 Å². The van der Waals surface area contributed by atoms with Gasteiger partial charge >= 0.3 is 0 Å². The molecule has 2 atom stereocenters. The van der Waals surface area contributed by atoms with Gasteiger partial charge in [0.05, 0.1) is 13.7 Å². The zero-order chi connectivity index (χ0) is 15.7.